The number of unbranched alkanes of at least 4 members (excludes halogenated alkanes) is 2. The zero-order valence-corrected chi connectivity index (χ0v) is 8.87. The van der Waals surface area contributed by atoms with Crippen LogP contribution in [0.3, 0.4) is 0 Å². The summed E-state index contributed by atoms with van der Waals surface area (Å²) in [7, 11) is 0. The van der Waals surface area contributed by atoms with Crippen LogP contribution in [0.25, 0.3) is 0 Å². The molecule has 2 nitrogen and oxygen atoms in total. The zero-order chi connectivity index (χ0) is 8.24. The molecule has 0 aromatic heterocycles. The molecular formula is C8H20AlO2. The van der Waals surface area contributed by atoms with Crippen LogP contribution in [0.5, 0.6) is 0 Å². The summed E-state index contributed by atoms with van der Waals surface area (Å²) in [5.41, 5.74) is 0. The van der Waals surface area contributed by atoms with Gasteiger partial charge in [-0.05, 0) is 12.8 Å². The van der Waals surface area contributed by atoms with Gasteiger partial charge in [-0.1, -0.05) is 26.7 Å². The first-order chi connectivity index (χ1) is 4.83. The number of rotatable bonds is 4. The smallest absolute Gasteiger partial charge is 0.0430 e. The Balaban J connectivity index is -0.000000107. The van der Waals surface area contributed by atoms with Crippen LogP contribution in [0.2, 0.25) is 0 Å². The fourth-order valence-corrected chi connectivity index (χ4v) is 0.316. The van der Waals surface area contributed by atoms with Crippen LogP contribution in [0.4, 0.5) is 0 Å². The molecule has 0 aliphatic carbocycles. The van der Waals surface area contributed by atoms with Crippen molar-refractivity contribution < 1.29 is 10.2 Å². The molecule has 0 aromatic carbocycles. The van der Waals surface area contributed by atoms with Gasteiger partial charge in [0.2, 0.25) is 0 Å². The minimum absolute atomic E-state index is 0. The van der Waals surface area contributed by atoms with Crippen LogP contribution in [-0.2, 0) is 0 Å². The fraction of sp³-hybridized carbons (Fsp3) is 1.00. The van der Waals surface area contributed by atoms with Gasteiger partial charge in [0.05, 0.1) is 0 Å². The molecule has 0 rings (SSSR count). The van der Waals surface area contributed by atoms with E-state index in [9.17, 15) is 0 Å². The van der Waals surface area contributed by atoms with Crippen molar-refractivity contribution in [2.75, 3.05) is 13.2 Å². The highest BCUT2D eigenvalue weighted by Crippen LogP contribution is 1.79. The molecule has 0 spiro atoms. The first-order valence-corrected chi connectivity index (χ1v) is 4.05. The third-order valence-electron chi connectivity index (χ3n) is 1.02. The summed E-state index contributed by atoms with van der Waals surface area (Å²) in [5.74, 6) is 0. The first-order valence-electron chi connectivity index (χ1n) is 4.05. The summed E-state index contributed by atoms with van der Waals surface area (Å²) in [6.07, 6.45) is 4.08. The van der Waals surface area contributed by atoms with E-state index in [4.69, 9.17) is 10.2 Å². The number of aliphatic hydroxyl groups is 2. The summed E-state index contributed by atoms with van der Waals surface area (Å²) >= 11 is 0. The van der Waals surface area contributed by atoms with Gasteiger partial charge < -0.3 is 10.2 Å². The average molecular weight is 175 g/mol. The molecule has 2 N–H and O–H groups in total. The van der Waals surface area contributed by atoms with E-state index in [0.29, 0.717) is 13.2 Å². The van der Waals surface area contributed by atoms with Crippen LogP contribution in [0, 0.1) is 0 Å². The van der Waals surface area contributed by atoms with Crippen molar-refractivity contribution in [2.24, 2.45) is 0 Å². The second-order valence-corrected chi connectivity index (χ2v) is 2.15. The lowest BCUT2D eigenvalue weighted by Crippen LogP contribution is -1.75. The van der Waals surface area contributed by atoms with Crippen molar-refractivity contribution >= 4 is 17.4 Å². The molecule has 0 bridgehead atoms. The molecule has 0 amide bonds. The Morgan fingerprint density at radius 1 is 0.818 bits per heavy atom. The Bertz CT molecular complexity index is 33.1. The molecule has 0 unspecified atom stereocenters. The van der Waals surface area contributed by atoms with Gasteiger partial charge in [0.15, 0.2) is 0 Å². The summed E-state index contributed by atoms with van der Waals surface area (Å²) in [6.45, 7) is 4.79. The molecule has 0 aromatic rings. The molecule has 3 radical (unpaired) electrons. The Kier molecular flexibility index (Phi) is 35.7. The quantitative estimate of drug-likeness (QED) is 0.630. The predicted octanol–water partition coefficient (Wildman–Crippen LogP) is 1.18. The molecule has 0 aliphatic heterocycles. The maximum absolute atomic E-state index is 8.07. The second kappa shape index (κ2) is 22.4. The van der Waals surface area contributed by atoms with E-state index in [2.05, 4.69) is 13.8 Å². The highest BCUT2D eigenvalue weighted by molar-refractivity contribution is 5.75. The van der Waals surface area contributed by atoms with Gasteiger partial charge in [-0.15, -0.1) is 0 Å². The second-order valence-electron chi connectivity index (χ2n) is 2.15. The first kappa shape index (κ1) is 17.5. The van der Waals surface area contributed by atoms with E-state index in [1.54, 1.807) is 0 Å². The molecule has 67 valence electrons. The largest absolute Gasteiger partial charge is 0.396 e. The lowest BCUT2D eigenvalue weighted by molar-refractivity contribution is 0.286. The van der Waals surface area contributed by atoms with E-state index in [1.807, 2.05) is 0 Å². The number of aliphatic hydroxyl groups excluding tert-OH is 2. The number of hydrogen-bond donors (Lipinski definition) is 2. The maximum atomic E-state index is 8.07. The fourth-order valence-electron chi connectivity index (χ4n) is 0.316. The van der Waals surface area contributed by atoms with Crippen LogP contribution in [-0.4, -0.2) is 40.8 Å². The standard InChI is InChI=1S/2C4H10O.Al/c2*1-2-3-4-5;/h2*5H,2-4H2,1H3;. The van der Waals surface area contributed by atoms with Gasteiger partial charge in [-0.2, -0.15) is 0 Å². The van der Waals surface area contributed by atoms with Gasteiger partial charge in [-0.3, -0.25) is 0 Å². The Hall–Kier alpha value is 0.452. The molecule has 0 atom stereocenters. The van der Waals surface area contributed by atoms with Crippen molar-refractivity contribution in [1.29, 1.82) is 0 Å². The van der Waals surface area contributed by atoms with Gasteiger partial charge in [0, 0.05) is 30.6 Å². The summed E-state index contributed by atoms with van der Waals surface area (Å²) in [6, 6.07) is 0. The average Bonchev–Trinajstić information content (AvgIpc) is 1.93. The predicted molar refractivity (Wildman–Crippen MR) is 49.7 cm³/mol. The van der Waals surface area contributed by atoms with Crippen LogP contribution in [0.15, 0.2) is 0 Å². The maximum Gasteiger partial charge on any atom is 0.0430 e. The molecule has 0 aliphatic rings. The number of hydrogen-bond acceptors (Lipinski definition) is 2. The molecule has 0 saturated carbocycles. The van der Waals surface area contributed by atoms with E-state index < -0.39 is 0 Å². The Morgan fingerprint density at radius 2 is 1.09 bits per heavy atom. The summed E-state index contributed by atoms with van der Waals surface area (Å²) in [5, 5.41) is 16.1. The van der Waals surface area contributed by atoms with Gasteiger partial charge >= 0.3 is 0 Å². The lowest BCUT2D eigenvalue weighted by atomic mass is 10.4. The molecule has 0 saturated heterocycles. The summed E-state index contributed by atoms with van der Waals surface area (Å²) < 4.78 is 0. The Labute approximate surface area is 80.8 Å². The van der Waals surface area contributed by atoms with E-state index in [0.717, 1.165) is 25.7 Å². The highest BCUT2D eigenvalue weighted by Gasteiger charge is 1.69. The van der Waals surface area contributed by atoms with Crippen LogP contribution in [0.1, 0.15) is 39.5 Å². The van der Waals surface area contributed by atoms with Gasteiger partial charge in [0.1, 0.15) is 0 Å². The van der Waals surface area contributed by atoms with Gasteiger partial charge in [-0.25, -0.2) is 0 Å². The minimum atomic E-state index is 0. The van der Waals surface area contributed by atoms with Gasteiger partial charge in [0.25, 0.3) is 0 Å². The minimum Gasteiger partial charge on any atom is -0.396 e. The lowest BCUT2D eigenvalue weighted by Gasteiger charge is -1.79. The third-order valence-corrected chi connectivity index (χ3v) is 1.02. The van der Waals surface area contributed by atoms with Crippen molar-refractivity contribution in [3.05, 3.63) is 0 Å². The normalized spacial score (nSPS) is 7.64. The summed E-state index contributed by atoms with van der Waals surface area (Å²) in [4.78, 5) is 0. The van der Waals surface area contributed by atoms with E-state index >= 15 is 0 Å². The zero-order valence-electron chi connectivity index (χ0n) is 7.71. The highest BCUT2D eigenvalue weighted by atomic mass is 27.0. The van der Waals surface area contributed by atoms with Crippen molar-refractivity contribution in [3.8, 4) is 0 Å². The van der Waals surface area contributed by atoms with E-state index in [1.165, 1.54) is 0 Å². The van der Waals surface area contributed by atoms with Crippen LogP contribution < -0.4 is 0 Å². The molecule has 3 heteroatoms. The molecule has 0 fully saturated rings. The SMILES string of the molecule is CCCCO.CCCCO.[Al]. The molecule has 0 heterocycles. The third kappa shape index (κ3) is 37.7. The van der Waals surface area contributed by atoms with Crippen molar-refractivity contribution in [1.82, 2.24) is 0 Å². The molecular weight excluding hydrogens is 155 g/mol. The van der Waals surface area contributed by atoms with E-state index in [-0.39, 0.29) is 17.4 Å². The monoisotopic (exact) mass is 175 g/mol. The van der Waals surface area contributed by atoms with Crippen LogP contribution >= 0.6 is 0 Å². The van der Waals surface area contributed by atoms with Crippen molar-refractivity contribution in [3.63, 3.8) is 0 Å². The topological polar surface area (TPSA) is 40.5 Å². The Morgan fingerprint density at radius 3 is 1.09 bits per heavy atom. The van der Waals surface area contributed by atoms with Crippen molar-refractivity contribution in [2.45, 2.75) is 39.5 Å². The molecule has 11 heavy (non-hydrogen) atoms.